The van der Waals surface area contributed by atoms with Gasteiger partial charge >= 0.3 is 0 Å². The largest absolute Gasteiger partial charge is 0.497 e. The van der Waals surface area contributed by atoms with Gasteiger partial charge in [0.25, 0.3) is 0 Å². The summed E-state index contributed by atoms with van der Waals surface area (Å²) in [5.74, 6) is 0.503. The van der Waals surface area contributed by atoms with E-state index in [1.54, 1.807) is 25.3 Å². The van der Waals surface area contributed by atoms with Gasteiger partial charge in [-0.3, -0.25) is 0 Å². The summed E-state index contributed by atoms with van der Waals surface area (Å²) in [5, 5.41) is 11.6. The van der Waals surface area contributed by atoms with Crippen molar-refractivity contribution in [2.75, 3.05) is 13.7 Å². The highest BCUT2D eigenvalue weighted by Gasteiger charge is 2.23. The summed E-state index contributed by atoms with van der Waals surface area (Å²) < 4.78 is 5.13. The lowest BCUT2D eigenvalue weighted by Gasteiger charge is -2.23. The van der Waals surface area contributed by atoms with E-state index in [-0.39, 0.29) is 5.92 Å². The Morgan fingerprint density at radius 1 is 1.14 bits per heavy atom. The topological polar surface area (TPSA) is 55.5 Å². The van der Waals surface area contributed by atoms with Gasteiger partial charge in [-0.1, -0.05) is 41.4 Å². The molecule has 0 aliphatic carbocycles. The number of ether oxygens (including phenoxy) is 1. The molecule has 5 heteroatoms. The molecule has 2 aromatic carbocycles. The van der Waals surface area contributed by atoms with Crippen molar-refractivity contribution in [3.63, 3.8) is 0 Å². The second kappa shape index (κ2) is 7.14. The van der Waals surface area contributed by atoms with Crippen LogP contribution in [0, 0.1) is 0 Å². The first-order valence-electron chi connectivity index (χ1n) is 6.54. The van der Waals surface area contributed by atoms with Crippen LogP contribution in [-0.4, -0.2) is 18.8 Å². The monoisotopic (exact) mass is 325 g/mol. The van der Waals surface area contributed by atoms with Gasteiger partial charge in [-0.15, -0.1) is 0 Å². The predicted octanol–water partition coefficient (Wildman–Crippen LogP) is 3.78. The third kappa shape index (κ3) is 3.69. The van der Waals surface area contributed by atoms with E-state index in [2.05, 4.69) is 0 Å². The van der Waals surface area contributed by atoms with E-state index in [0.29, 0.717) is 22.2 Å². The van der Waals surface area contributed by atoms with Crippen molar-refractivity contribution in [2.24, 2.45) is 5.73 Å². The number of halogens is 2. The van der Waals surface area contributed by atoms with Gasteiger partial charge in [0.1, 0.15) is 5.75 Å². The molecule has 2 unspecified atom stereocenters. The van der Waals surface area contributed by atoms with Crippen LogP contribution in [-0.2, 0) is 0 Å². The fourth-order valence-electron chi connectivity index (χ4n) is 2.26. The number of aliphatic hydroxyl groups is 1. The Bertz CT molecular complexity index is 602. The van der Waals surface area contributed by atoms with Gasteiger partial charge in [0.2, 0.25) is 0 Å². The van der Waals surface area contributed by atoms with Crippen LogP contribution in [0.3, 0.4) is 0 Å². The molecule has 0 amide bonds. The number of rotatable bonds is 5. The zero-order chi connectivity index (χ0) is 15.4. The van der Waals surface area contributed by atoms with E-state index in [4.69, 9.17) is 33.7 Å². The summed E-state index contributed by atoms with van der Waals surface area (Å²) in [4.78, 5) is 0. The predicted molar refractivity (Wildman–Crippen MR) is 86.2 cm³/mol. The number of hydrogen-bond acceptors (Lipinski definition) is 3. The van der Waals surface area contributed by atoms with Crippen LogP contribution in [0.25, 0.3) is 0 Å². The quantitative estimate of drug-likeness (QED) is 0.879. The van der Waals surface area contributed by atoms with E-state index in [1.807, 2.05) is 24.3 Å². The van der Waals surface area contributed by atoms with Crippen molar-refractivity contribution >= 4 is 23.2 Å². The number of benzene rings is 2. The number of methoxy groups -OCH3 is 1. The van der Waals surface area contributed by atoms with Crippen LogP contribution in [0.1, 0.15) is 23.1 Å². The molecule has 0 aliphatic rings. The van der Waals surface area contributed by atoms with Gasteiger partial charge in [-0.05, 0) is 35.4 Å². The van der Waals surface area contributed by atoms with Gasteiger partial charge in [0.05, 0.1) is 13.2 Å². The van der Waals surface area contributed by atoms with Gasteiger partial charge in [-0.2, -0.15) is 0 Å². The zero-order valence-electron chi connectivity index (χ0n) is 11.6. The molecular formula is C16H17Cl2NO2. The second-order valence-corrected chi connectivity index (χ2v) is 5.57. The van der Waals surface area contributed by atoms with Crippen LogP contribution in [0.2, 0.25) is 10.0 Å². The Balaban J connectivity index is 2.30. The normalized spacial score (nSPS) is 13.8. The summed E-state index contributed by atoms with van der Waals surface area (Å²) in [6.07, 6.45) is -0.798. The molecule has 21 heavy (non-hydrogen) atoms. The molecule has 2 rings (SSSR count). The molecule has 0 aromatic heterocycles. The first-order valence-corrected chi connectivity index (χ1v) is 7.29. The minimum Gasteiger partial charge on any atom is -0.497 e. The molecular weight excluding hydrogens is 309 g/mol. The van der Waals surface area contributed by atoms with E-state index in [0.717, 1.165) is 11.3 Å². The lowest BCUT2D eigenvalue weighted by atomic mass is 9.89. The van der Waals surface area contributed by atoms with E-state index >= 15 is 0 Å². The minimum atomic E-state index is -0.798. The smallest absolute Gasteiger partial charge is 0.118 e. The average Bonchev–Trinajstić information content (AvgIpc) is 2.48. The Kier molecular flexibility index (Phi) is 5.48. The van der Waals surface area contributed by atoms with Crippen molar-refractivity contribution in [1.82, 2.24) is 0 Å². The van der Waals surface area contributed by atoms with Crippen LogP contribution >= 0.6 is 23.2 Å². The van der Waals surface area contributed by atoms with E-state index in [9.17, 15) is 5.11 Å². The number of nitrogens with two attached hydrogens (primary N) is 1. The molecule has 0 saturated carbocycles. The molecule has 112 valence electrons. The first-order chi connectivity index (χ1) is 10.1. The van der Waals surface area contributed by atoms with E-state index < -0.39 is 6.10 Å². The molecule has 0 fully saturated rings. The Morgan fingerprint density at radius 3 is 2.33 bits per heavy atom. The first kappa shape index (κ1) is 16.1. The molecule has 0 saturated heterocycles. The third-order valence-electron chi connectivity index (χ3n) is 3.46. The average molecular weight is 326 g/mol. The number of hydrogen-bond donors (Lipinski definition) is 2. The molecule has 3 N–H and O–H groups in total. The SMILES string of the molecule is COc1ccc(C(CN)C(O)c2ccc(Cl)cc2Cl)cc1. The molecule has 2 aromatic rings. The van der Waals surface area contributed by atoms with Crippen molar-refractivity contribution in [2.45, 2.75) is 12.0 Å². The molecule has 0 bridgehead atoms. The standard InChI is InChI=1S/C16H17Cl2NO2/c1-21-12-5-2-10(3-6-12)14(9-19)16(20)13-7-4-11(17)8-15(13)18/h2-8,14,16,20H,9,19H2,1H3. The summed E-state index contributed by atoms with van der Waals surface area (Å²) >= 11 is 12.0. The van der Waals surface area contributed by atoms with Crippen molar-refractivity contribution in [1.29, 1.82) is 0 Å². The highest BCUT2D eigenvalue weighted by Crippen LogP contribution is 2.35. The van der Waals surface area contributed by atoms with Gasteiger partial charge in [0, 0.05) is 22.5 Å². The van der Waals surface area contributed by atoms with Crippen LogP contribution in [0.15, 0.2) is 42.5 Å². The van der Waals surface area contributed by atoms with Crippen LogP contribution in [0.5, 0.6) is 5.75 Å². The van der Waals surface area contributed by atoms with E-state index in [1.165, 1.54) is 0 Å². The Hall–Kier alpha value is -1.26. The summed E-state index contributed by atoms with van der Waals surface area (Å²) in [7, 11) is 1.61. The fourth-order valence-corrected chi connectivity index (χ4v) is 2.78. The summed E-state index contributed by atoms with van der Waals surface area (Å²) in [6, 6.07) is 12.5. The molecule has 2 atom stereocenters. The fraction of sp³-hybridized carbons (Fsp3) is 0.250. The molecule has 0 heterocycles. The maximum absolute atomic E-state index is 10.6. The molecule has 0 aliphatic heterocycles. The number of aliphatic hydroxyl groups excluding tert-OH is 1. The van der Waals surface area contributed by atoms with Gasteiger partial charge in [-0.25, -0.2) is 0 Å². The van der Waals surface area contributed by atoms with Crippen molar-refractivity contribution < 1.29 is 9.84 Å². The highest BCUT2D eigenvalue weighted by atomic mass is 35.5. The lowest BCUT2D eigenvalue weighted by Crippen LogP contribution is -2.20. The molecule has 3 nitrogen and oxygen atoms in total. The lowest BCUT2D eigenvalue weighted by molar-refractivity contribution is 0.147. The molecule has 0 spiro atoms. The zero-order valence-corrected chi connectivity index (χ0v) is 13.1. The van der Waals surface area contributed by atoms with Gasteiger partial charge in [0.15, 0.2) is 0 Å². The Labute approximate surface area is 134 Å². The Morgan fingerprint density at radius 2 is 1.81 bits per heavy atom. The van der Waals surface area contributed by atoms with Crippen LogP contribution in [0.4, 0.5) is 0 Å². The van der Waals surface area contributed by atoms with Gasteiger partial charge < -0.3 is 15.6 Å². The second-order valence-electron chi connectivity index (χ2n) is 4.73. The third-order valence-corrected chi connectivity index (χ3v) is 4.02. The summed E-state index contributed by atoms with van der Waals surface area (Å²) in [6.45, 7) is 0.298. The van der Waals surface area contributed by atoms with Crippen molar-refractivity contribution in [3.05, 3.63) is 63.6 Å². The highest BCUT2D eigenvalue weighted by molar-refractivity contribution is 6.35. The summed E-state index contributed by atoms with van der Waals surface area (Å²) in [5.41, 5.74) is 7.38. The van der Waals surface area contributed by atoms with Crippen LogP contribution < -0.4 is 10.5 Å². The van der Waals surface area contributed by atoms with Crippen molar-refractivity contribution in [3.8, 4) is 5.75 Å². The minimum absolute atomic E-state index is 0.255. The maximum atomic E-state index is 10.6. The molecule has 0 radical (unpaired) electrons. The maximum Gasteiger partial charge on any atom is 0.118 e.